The monoisotopic (exact) mass is 494 g/mol. The van der Waals surface area contributed by atoms with Crippen molar-refractivity contribution in [2.24, 2.45) is 0 Å². The van der Waals surface area contributed by atoms with Gasteiger partial charge in [-0.25, -0.2) is 8.42 Å². The number of benzene rings is 2. The lowest BCUT2D eigenvalue weighted by atomic mass is 9.97. The Morgan fingerprint density at radius 3 is 2.47 bits per heavy atom. The average Bonchev–Trinajstić information content (AvgIpc) is 3.29. The molecular weight excluding hydrogens is 473 g/mol. The zero-order valence-corrected chi connectivity index (χ0v) is 19.0. The van der Waals surface area contributed by atoms with E-state index >= 15 is 0 Å². The Bertz CT molecular complexity index is 1320. The molecule has 0 spiro atoms. The van der Waals surface area contributed by atoms with Crippen LogP contribution < -0.4 is 5.32 Å². The summed E-state index contributed by atoms with van der Waals surface area (Å²) >= 11 is 0. The maximum Gasteiger partial charge on any atom is 0.416 e. The molecule has 0 unspecified atom stereocenters. The van der Waals surface area contributed by atoms with Crippen LogP contribution in [0.3, 0.4) is 0 Å². The first kappa shape index (κ1) is 25.2. The summed E-state index contributed by atoms with van der Waals surface area (Å²) in [6.07, 6.45) is -4.59. The number of sulfone groups is 1. The molecule has 2 aromatic carbocycles. The Balaban J connectivity index is 1.69. The number of carbonyl (C=O) groups excluding carboxylic acids is 2. The van der Waals surface area contributed by atoms with Crippen molar-refractivity contribution >= 4 is 27.2 Å². The maximum absolute atomic E-state index is 12.8. The smallest absolute Gasteiger partial charge is 0.360 e. The van der Waals surface area contributed by atoms with E-state index < -0.39 is 33.4 Å². The van der Waals surface area contributed by atoms with E-state index in [2.05, 4.69) is 10.5 Å². The molecule has 0 radical (unpaired) electrons. The Kier molecular flexibility index (Phi) is 7.25. The first-order chi connectivity index (χ1) is 15.9. The van der Waals surface area contributed by atoms with Gasteiger partial charge in [-0.2, -0.15) is 13.2 Å². The average molecular weight is 494 g/mol. The van der Waals surface area contributed by atoms with E-state index in [9.17, 15) is 31.2 Å². The minimum Gasteiger partial charge on any atom is -0.360 e. The third-order valence-corrected chi connectivity index (χ3v) is 6.81. The minimum absolute atomic E-state index is 0.0422. The third kappa shape index (κ3) is 5.90. The summed E-state index contributed by atoms with van der Waals surface area (Å²) in [7, 11) is -3.47. The summed E-state index contributed by atoms with van der Waals surface area (Å²) in [5.74, 6) is -1.47. The van der Waals surface area contributed by atoms with Crippen LogP contribution in [0.4, 0.5) is 18.9 Å². The van der Waals surface area contributed by atoms with E-state index in [1.54, 1.807) is 6.92 Å². The third-order valence-electron chi connectivity index (χ3n) is 5.08. The molecule has 0 bridgehead atoms. The SMILES string of the molecule is CCS(=O)(=O)c1cccc(C(=O)C[C@H](C)c2cc(C(=O)Nc3cccc(C(F)(F)F)c3)no2)c1. The molecule has 11 heteroatoms. The van der Waals surface area contributed by atoms with E-state index in [0.29, 0.717) is 0 Å². The highest BCUT2D eigenvalue weighted by atomic mass is 32.2. The van der Waals surface area contributed by atoms with Gasteiger partial charge in [0.1, 0.15) is 5.76 Å². The fraction of sp³-hybridized carbons (Fsp3) is 0.261. The highest BCUT2D eigenvalue weighted by molar-refractivity contribution is 7.91. The van der Waals surface area contributed by atoms with E-state index in [0.717, 1.165) is 12.1 Å². The lowest BCUT2D eigenvalue weighted by molar-refractivity contribution is -0.137. The number of aromatic nitrogens is 1. The number of ketones is 1. The summed E-state index contributed by atoms with van der Waals surface area (Å²) in [6.45, 7) is 3.18. The van der Waals surface area contributed by atoms with Crippen LogP contribution in [0.15, 0.2) is 64.0 Å². The predicted octanol–water partition coefficient (Wildman–Crippen LogP) is 5.12. The van der Waals surface area contributed by atoms with Gasteiger partial charge >= 0.3 is 6.18 Å². The number of amides is 1. The number of rotatable bonds is 8. The van der Waals surface area contributed by atoms with Gasteiger partial charge in [-0.05, 0) is 30.3 Å². The van der Waals surface area contributed by atoms with Gasteiger partial charge < -0.3 is 9.84 Å². The van der Waals surface area contributed by atoms with E-state index in [4.69, 9.17) is 4.52 Å². The van der Waals surface area contributed by atoms with Crippen molar-refractivity contribution in [3.05, 3.63) is 77.2 Å². The summed E-state index contributed by atoms with van der Waals surface area (Å²) in [5, 5.41) is 5.97. The first-order valence-electron chi connectivity index (χ1n) is 10.2. The molecule has 7 nitrogen and oxygen atoms in total. The maximum atomic E-state index is 12.8. The number of anilines is 1. The molecule has 1 atom stereocenters. The zero-order chi connectivity index (χ0) is 25.1. The molecule has 0 aliphatic rings. The van der Waals surface area contributed by atoms with Crippen molar-refractivity contribution in [1.29, 1.82) is 0 Å². The molecule has 180 valence electrons. The second-order valence-corrected chi connectivity index (χ2v) is 9.89. The van der Waals surface area contributed by atoms with Crippen LogP contribution >= 0.6 is 0 Å². The Labute approximate surface area is 193 Å². The highest BCUT2D eigenvalue weighted by Crippen LogP contribution is 2.31. The Morgan fingerprint density at radius 1 is 1.09 bits per heavy atom. The highest BCUT2D eigenvalue weighted by Gasteiger charge is 2.30. The van der Waals surface area contributed by atoms with Gasteiger partial charge in [0, 0.05) is 29.7 Å². The molecule has 34 heavy (non-hydrogen) atoms. The molecule has 1 amide bonds. The number of hydrogen-bond acceptors (Lipinski definition) is 6. The van der Waals surface area contributed by atoms with Crippen LogP contribution in [-0.2, 0) is 16.0 Å². The fourth-order valence-electron chi connectivity index (χ4n) is 3.12. The normalized spacial score (nSPS) is 12.9. The van der Waals surface area contributed by atoms with Crippen LogP contribution in [0.1, 0.15) is 58.4 Å². The van der Waals surface area contributed by atoms with E-state index in [1.165, 1.54) is 49.4 Å². The number of carbonyl (C=O) groups is 2. The molecule has 0 aliphatic heterocycles. The molecule has 1 aromatic heterocycles. The minimum atomic E-state index is -4.55. The zero-order valence-electron chi connectivity index (χ0n) is 18.2. The molecule has 0 fully saturated rings. The van der Waals surface area contributed by atoms with Gasteiger partial charge in [-0.1, -0.05) is 37.2 Å². The van der Waals surface area contributed by atoms with Crippen molar-refractivity contribution in [3.8, 4) is 0 Å². The summed E-state index contributed by atoms with van der Waals surface area (Å²) < 4.78 is 67.8. The molecule has 3 rings (SSSR count). The predicted molar refractivity (Wildman–Crippen MR) is 117 cm³/mol. The number of alkyl halides is 3. The largest absolute Gasteiger partial charge is 0.416 e. The number of nitrogens with zero attached hydrogens (tertiary/aromatic N) is 1. The van der Waals surface area contributed by atoms with Crippen LogP contribution in [0.5, 0.6) is 0 Å². The molecule has 0 aliphatic carbocycles. The number of halogens is 3. The molecule has 3 aromatic rings. The van der Waals surface area contributed by atoms with Crippen molar-refractivity contribution in [2.45, 2.75) is 37.3 Å². The molecule has 1 N–H and O–H groups in total. The standard InChI is InChI=1S/C23H21F3N2O5S/c1-3-34(31,32)18-9-4-6-15(11-18)20(29)10-14(2)21-13-19(28-33-21)22(30)27-17-8-5-7-16(12-17)23(24,25)26/h4-9,11-14H,3,10H2,1-2H3,(H,27,30)/t14-/m0/s1. The number of Topliss-reactive ketones (excluding diaryl/α,β-unsaturated/α-hetero) is 1. The van der Waals surface area contributed by atoms with Crippen molar-refractivity contribution < 1.29 is 35.7 Å². The van der Waals surface area contributed by atoms with Gasteiger partial charge in [0.2, 0.25) is 0 Å². The second kappa shape index (κ2) is 9.80. The second-order valence-electron chi connectivity index (χ2n) is 7.61. The van der Waals surface area contributed by atoms with Crippen molar-refractivity contribution in [1.82, 2.24) is 5.16 Å². The molecule has 1 heterocycles. The topological polar surface area (TPSA) is 106 Å². The van der Waals surface area contributed by atoms with E-state index in [-0.39, 0.29) is 45.6 Å². The van der Waals surface area contributed by atoms with Crippen LogP contribution in [0.25, 0.3) is 0 Å². The summed E-state index contributed by atoms with van der Waals surface area (Å²) in [6, 6.07) is 11.2. The van der Waals surface area contributed by atoms with Crippen molar-refractivity contribution in [3.63, 3.8) is 0 Å². The number of nitrogens with one attached hydrogen (secondary N) is 1. The Hall–Kier alpha value is -3.47. The van der Waals surface area contributed by atoms with Gasteiger partial charge in [-0.3, -0.25) is 9.59 Å². The quantitative estimate of drug-likeness (QED) is 0.436. The van der Waals surface area contributed by atoms with Gasteiger partial charge in [-0.15, -0.1) is 0 Å². The summed E-state index contributed by atoms with van der Waals surface area (Å²) in [5.41, 5.74) is -0.908. The lowest BCUT2D eigenvalue weighted by Crippen LogP contribution is -2.13. The summed E-state index contributed by atoms with van der Waals surface area (Å²) in [4.78, 5) is 25.1. The molecule has 0 saturated carbocycles. The van der Waals surface area contributed by atoms with Gasteiger partial charge in [0.25, 0.3) is 5.91 Å². The molecular formula is C23H21F3N2O5S. The van der Waals surface area contributed by atoms with Gasteiger partial charge in [0.05, 0.1) is 16.2 Å². The van der Waals surface area contributed by atoms with Crippen LogP contribution in [0, 0.1) is 0 Å². The number of hydrogen-bond donors (Lipinski definition) is 1. The first-order valence-corrected chi connectivity index (χ1v) is 11.9. The van der Waals surface area contributed by atoms with Gasteiger partial charge in [0.15, 0.2) is 21.3 Å². The van der Waals surface area contributed by atoms with Crippen LogP contribution in [-0.4, -0.2) is 31.0 Å². The fourth-order valence-corrected chi connectivity index (χ4v) is 4.05. The Morgan fingerprint density at radius 2 is 1.79 bits per heavy atom. The molecule has 0 saturated heterocycles. The van der Waals surface area contributed by atoms with Crippen molar-refractivity contribution in [2.75, 3.05) is 11.1 Å². The van der Waals surface area contributed by atoms with E-state index in [1.807, 2.05) is 0 Å². The lowest BCUT2D eigenvalue weighted by Gasteiger charge is -2.09. The van der Waals surface area contributed by atoms with Crippen LogP contribution in [0.2, 0.25) is 0 Å².